The third-order valence-corrected chi connectivity index (χ3v) is 5.66. The maximum Gasteiger partial charge on any atom is 0.234 e. The lowest BCUT2D eigenvalue weighted by Crippen LogP contribution is -2.13. The van der Waals surface area contributed by atoms with Crippen molar-refractivity contribution in [2.24, 2.45) is 0 Å². The first-order valence-corrected chi connectivity index (χ1v) is 10.0. The maximum atomic E-state index is 12.0. The summed E-state index contributed by atoms with van der Waals surface area (Å²) >= 11 is 6.16. The smallest absolute Gasteiger partial charge is 0.234 e. The number of anilines is 3. The van der Waals surface area contributed by atoms with Gasteiger partial charge in [-0.2, -0.15) is 0 Å². The maximum absolute atomic E-state index is 12.0. The summed E-state index contributed by atoms with van der Waals surface area (Å²) in [6.45, 7) is 2.04. The normalized spacial score (nSPS) is 10.5. The lowest BCUT2D eigenvalue weighted by molar-refractivity contribution is -0.113. The van der Waals surface area contributed by atoms with E-state index in [1.807, 2.05) is 55.5 Å². The highest BCUT2D eigenvalue weighted by atomic mass is 79.9. The van der Waals surface area contributed by atoms with Crippen molar-refractivity contribution in [2.75, 3.05) is 16.4 Å². The van der Waals surface area contributed by atoms with Gasteiger partial charge in [-0.1, -0.05) is 56.7 Å². The van der Waals surface area contributed by atoms with Crippen molar-refractivity contribution >= 4 is 61.4 Å². The number of hydrogen-bond acceptors (Lipinski definition) is 6. The first-order chi connectivity index (χ1) is 12.1. The second-order valence-corrected chi connectivity index (χ2v) is 8.32. The molecule has 0 fully saturated rings. The van der Waals surface area contributed by atoms with Crippen molar-refractivity contribution in [2.45, 2.75) is 11.3 Å². The van der Waals surface area contributed by atoms with E-state index < -0.39 is 0 Å². The van der Waals surface area contributed by atoms with E-state index in [1.165, 1.54) is 28.7 Å². The van der Waals surface area contributed by atoms with Crippen LogP contribution in [-0.2, 0) is 4.79 Å². The molecule has 1 amide bonds. The lowest BCUT2D eigenvalue weighted by atomic mass is 10.2. The molecular weight excluding hydrogens is 420 g/mol. The molecule has 8 heteroatoms. The van der Waals surface area contributed by atoms with E-state index in [0.29, 0.717) is 5.13 Å². The van der Waals surface area contributed by atoms with E-state index in [-0.39, 0.29) is 11.7 Å². The largest absolute Gasteiger partial charge is 0.330 e. The molecule has 0 radical (unpaired) electrons. The molecule has 0 unspecified atom stereocenters. The third kappa shape index (κ3) is 5.55. The number of benzene rings is 2. The zero-order valence-corrected chi connectivity index (χ0v) is 16.5. The minimum Gasteiger partial charge on any atom is -0.330 e. The Hall–Kier alpha value is -1.90. The molecule has 128 valence electrons. The fraction of sp³-hybridized carbons (Fsp3) is 0.118. The van der Waals surface area contributed by atoms with Crippen LogP contribution in [0.25, 0.3) is 0 Å². The molecule has 1 aromatic heterocycles. The second-order valence-electron chi connectivity index (χ2n) is 5.21. The molecule has 0 saturated heterocycles. The van der Waals surface area contributed by atoms with Gasteiger partial charge in [-0.3, -0.25) is 4.79 Å². The average molecular weight is 435 g/mol. The topological polar surface area (TPSA) is 66.9 Å². The summed E-state index contributed by atoms with van der Waals surface area (Å²) in [4.78, 5) is 12.0. The Morgan fingerprint density at radius 1 is 1.08 bits per heavy atom. The second kappa shape index (κ2) is 8.46. The molecule has 2 N–H and O–H groups in total. The van der Waals surface area contributed by atoms with Crippen molar-refractivity contribution in [1.82, 2.24) is 10.2 Å². The number of hydrogen-bond donors (Lipinski definition) is 2. The minimum atomic E-state index is -0.0735. The van der Waals surface area contributed by atoms with Gasteiger partial charge in [0.25, 0.3) is 0 Å². The molecule has 3 aromatic rings. The Kier molecular flexibility index (Phi) is 6.06. The number of nitrogens with zero attached hydrogens (tertiary/aromatic N) is 2. The van der Waals surface area contributed by atoms with Crippen LogP contribution >= 0.6 is 39.0 Å². The zero-order chi connectivity index (χ0) is 17.6. The summed E-state index contributed by atoms with van der Waals surface area (Å²) in [5.74, 6) is 0.213. The van der Waals surface area contributed by atoms with Gasteiger partial charge in [0.2, 0.25) is 11.0 Å². The molecule has 0 atom stereocenters. The van der Waals surface area contributed by atoms with Crippen LogP contribution in [-0.4, -0.2) is 21.9 Å². The SMILES string of the molecule is Cc1ccc(Nc2nnc(SCC(=O)Nc3ccc(Br)cc3)s2)cc1. The Bertz CT molecular complexity index is 850. The lowest BCUT2D eigenvalue weighted by Gasteiger charge is -2.03. The number of aromatic nitrogens is 2. The fourth-order valence-electron chi connectivity index (χ4n) is 1.94. The Morgan fingerprint density at radius 2 is 1.76 bits per heavy atom. The highest BCUT2D eigenvalue weighted by Crippen LogP contribution is 2.27. The number of nitrogens with one attached hydrogen (secondary N) is 2. The highest BCUT2D eigenvalue weighted by Gasteiger charge is 2.09. The molecule has 0 aliphatic rings. The highest BCUT2D eigenvalue weighted by molar-refractivity contribution is 9.10. The molecule has 5 nitrogen and oxygen atoms in total. The molecule has 3 rings (SSSR count). The zero-order valence-electron chi connectivity index (χ0n) is 13.3. The van der Waals surface area contributed by atoms with Gasteiger partial charge in [-0.15, -0.1) is 10.2 Å². The summed E-state index contributed by atoms with van der Waals surface area (Å²) in [5, 5.41) is 15.0. The van der Waals surface area contributed by atoms with E-state index in [0.717, 1.165) is 20.2 Å². The van der Waals surface area contributed by atoms with Crippen LogP contribution < -0.4 is 10.6 Å². The van der Waals surface area contributed by atoms with Crippen LogP contribution in [0.4, 0.5) is 16.5 Å². The molecule has 0 bridgehead atoms. The Morgan fingerprint density at radius 3 is 2.48 bits per heavy atom. The summed E-state index contributed by atoms with van der Waals surface area (Å²) in [6, 6.07) is 15.5. The van der Waals surface area contributed by atoms with Gasteiger partial charge in [0.15, 0.2) is 4.34 Å². The standard InChI is InChI=1S/C17H15BrN4OS2/c1-11-2-6-14(7-3-11)20-16-21-22-17(25-16)24-10-15(23)19-13-8-4-12(18)5-9-13/h2-9H,10H2,1H3,(H,19,23)(H,20,21). The van der Waals surface area contributed by atoms with E-state index in [4.69, 9.17) is 0 Å². The van der Waals surface area contributed by atoms with Gasteiger partial charge in [-0.25, -0.2) is 0 Å². The van der Waals surface area contributed by atoms with Gasteiger partial charge < -0.3 is 10.6 Å². The van der Waals surface area contributed by atoms with Crippen LogP contribution in [0.15, 0.2) is 57.3 Å². The third-order valence-electron chi connectivity index (χ3n) is 3.16. The van der Waals surface area contributed by atoms with Gasteiger partial charge in [0.05, 0.1) is 5.75 Å². The van der Waals surface area contributed by atoms with Crippen molar-refractivity contribution < 1.29 is 4.79 Å². The monoisotopic (exact) mass is 434 g/mol. The van der Waals surface area contributed by atoms with E-state index >= 15 is 0 Å². The Balaban J connectivity index is 1.50. The predicted molar refractivity (Wildman–Crippen MR) is 108 cm³/mol. The molecule has 0 saturated carbocycles. The molecular formula is C17H15BrN4OS2. The van der Waals surface area contributed by atoms with E-state index in [2.05, 4.69) is 36.8 Å². The summed E-state index contributed by atoms with van der Waals surface area (Å²) in [5.41, 5.74) is 2.94. The number of thioether (sulfide) groups is 1. The number of aryl methyl sites for hydroxylation is 1. The quantitative estimate of drug-likeness (QED) is 0.529. The van der Waals surface area contributed by atoms with Crippen molar-refractivity contribution in [3.8, 4) is 0 Å². The van der Waals surface area contributed by atoms with Crippen LogP contribution in [0.2, 0.25) is 0 Å². The van der Waals surface area contributed by atoms with Gasteiger partial charge in [-0.05, 0) is 43.3 Å². The van der Waals surface area contributed by atoms with Crippen LogP contribution in [0.5, 0.6) is 0 Å². The summed E-state index contributed by atoms with van der Waals surface area (Å²) < 4.78 is 1.72. The number of rotatable bonds is 6. The van der Waals surface area contributed by atoms with Crippen molar-refractivity contribution in [1.29, 1.82) is 0 Å². The minimum absolute atomic E-state index is 0.0735. The van der Waals surface area contributed by atoms with Crippen LogP contribution in [0.3, 0.4) is 0 Å². The summed E-state index contributed by atoms with van der Waals surface area (Å²) in [6.07, 6.45) is 0. The van der Waals surface area contributed by atoms with E-state index in [1.54, 1.807) is 0 Å². The number of halogens is 1. The molecule has 1 heterocycles. The van der Waals surface area contributed by atoms with Gasteiger partial charge in [0.1, 0.15) is 0 Å². The Labute approximate surface area is 162 Å². The summed E-state index contributed by atoms with van der Waals surface area (Å²) in [7, 11) is 0. The molecule has 2 aromatic carbocycles. The first kappa shape index (κ1) is 17.9. The molecule has 0 aliphatic carbocycles. The van der Waals surface area contributed by atoms with E-state index in [9.17, 15) is 4.79 Å². The fourth-order valence-corrected chi connectivity index (χ4v) is 3.77. The molecule has 0 aliphatic heterocycles. The van der Waals surface area contributed by atoms with Gasteiger partial charge in [0, 0.05) is 15.8 Å². The number of carbonyl (C=O) groups is 1. The molecule has 0 spiro atoms. The predicted octanol–water partition coefficient (Wildman–Crippen LogP) is 5.08. The molecule has 25 heavy (non-hydrogen) atoms. The van der Waals surface area contributed by atoms with Crippen LogP contribution in [0.1, 0.15) is 5.56 Å². The first-order valence-electron chi connectivity index (χ1n) is 7.44. The average Bonchev–Trinajstić information content (AvgIpc) is 3.05. The van der Waals surface area contributed by atoms with Crippen molar-refractivity contribution in [3.63, 3.8) is 0 Å². The van der Waals surface area contributed by atoms with Crippen LogP contribution in [0, 0.1) is 6.92 Å². The van der Waals surface area contributed by atoms with Gasteiger partial charge >= 0.3 is 0 Å². The van der Waals surface area contributed by atoms with Crippen molar-refractivity contribution in [3.05, 3.63) is 58.6 Å². The number of amides is 1. The number of carbonyl (C=O) groups excluding carboxylic acids is 1.